The Morgan fingerprint density at radius 2 is 2.00 bits per heavy atom. The van der Waals surface area contributed by atoms with Crippen LogP contribution >= 0.6 is 0 Å². The van der Waals surface area contributed by atoms with Crippen molar-refractivity contribution in [2.24, 2.45) is 5.92 Å². The van der Waals surface area contributed by atoms with Crippen LogP contribution in [0.3, 0.4) is 0 Å². The highest BCUT2D eigenvalue weighted by Crippen LogP contribution is 2.20. The highest BCUT2D eigenvalue weighted by atomic mass is 16.7. The van der Waals surface area contributed by atoms with Gasteiger partial charge >= 0.3 is 12.2 Å². The molecule has 166 valence electrons. The summed E-state index contributed by atoms with van der Waals surface area (Å²) >= 11 is 0. The van der Waals surface area contributed by atoms with E-state index in [-0.39, 0.29) is 24.0 Å². The third-order valence-electron chi connectivity index (χ3n) is 4.24. The molecule has 1 N–H and O–H groups in total. The molecule has 0 bridgehead atoms. The average Bonchev–Trinajstić information content (AvgIpc) is 2.66. The van der Waals surface area contributed by atoms with Crippen molar-refractivity contribution in [1.29, 1.82) is 0 Å². The molecule has 0 saturated carbocycles. The summed E-state index contributed by atoms with van der Waals surface area (Å²) < 4.78 is 20.9. The van der Waals surface area contributed by atoms with E-state index in [2.05, 4.69) is 5.32 Å². The SMILES string of the molecule is CC(C)(C)OC(=O)N[C@H](COC(=O)Oc1ccc([N+](=O)[O-])cc1)C[C@H]1CCCOC1. The highest BCUT2D eigenvalue weighted by Gasteiger charge is 2.25. The van der Waals surface area contributed by atoms with Gasteiger partial charge in [-0.3, -0.25) is 10.1 Å². The monoisotopic (exact) mass is 424 g/mol. The average molecular weight is 424 g/mol. The molecule has 0 spiro atoms. The maximum absolute atomic E-state index is 12.1. The molecule has 0 aliphatic carbocycles. The number of nitro benzene ring substituents is 1. The molecule has 1 fully saturated rings. The minimum absolute atomic E-state index is 0.110. The molecule has 1 aliphatic heterocycles. The number of rotatable bonds is 7. The van der Waals surface area contributed by atoms with Crippen LogP contribution in [-0.2, 0) is 14.2 Å². The first-order valence-electron chi connectivity index (χ1n) is 9.78. The van der Waals surface area contributed by atoms with Crippen LogP contribution in [0.5, 0.6) is 5.75 Å². The molecule has 2 rings (SSSR count). The van der Waals surface area contributed by atoms with Gasteiger partial charge in [-0.2, -0.15) is 0 Å². The van der Waals surface area contributed by atoms with Crippen molar-refractivity contribution < 1.29 is 33.5 Å². The van der Waals surface area contributed by atoms with Crippen LogP contribution in [0.1, 0.15) is 40.0 Å². The van der Waals surface area contributed by atoms with Gasteiger partial charge in [0.2, 0.25) is 0 Å². The summed E-state index contributed by atoms with van der Waals surface area (Å²) in [5, 5.41) is 13.4. The number of alkyl carbamates (subject to hydrolysis) is 1. The predicted octanol–water partition coefficient (Wildman–Crippen LogP) is 3.82. The summed E-state index contributed by atoms with van der Waals surface area (Å²) in [7, 11) is 0. The van der Waals surface area contributed by atoms with Gasteiger partial charge in [0.15, 0.2) is 0 Å². The zero-order valence-electron chi connectivity index (χ0n) is 17.4. The van der Waals surface area contributed by atoms with E-state index in [0.717, 1.165) is 19.4 Å². The summed E-state index contributed by atoms with van der Waals surface area (Å²) in [6.45, 7) is 6.47. The van der Waals surface area contributed by atoms with E-state index in [1.54, 1.807) is 20.8 Å². The van der Waals surface area contributed by atoms with E-state index in [9.17, 15) is 19.7 Å². The fraction of sp³-hybridized carbons (Fsp3) is 0.600. The minimum Gasteiger partial charge on any atom is -0.444 e. The first-order chi connectivity index (χ1) is 14.1. The van der Waals surface area contributed by atoms with Crippen molar-refractivity contribution in [1.82, 2.24) is 5.32 Å². The Morgan fingerprint density at radius 1 is 1.30 bits per heavy atom. The summed E-state index contributed by atoms with van der Waals surface area (Å²) in [5.41, 5.74) is -0.773. The Hall–Kier alpha value is -2.88. The van der Waals surface area contributed by atoms with Gasteiger partial charge < -0.3 is 24.3 Å². The topological polar surface area (TPSA) is 126 Å². The molecule has 1 amide bonds. The second-order valence-electron chi connectivity index (χ2n) is 8.08. The molecular formula is C20H28N2O8. The molecule has 0 aromatic heterocycles. The molecule has 10 nitrogen and oxygen atoms in total. The first kappa shape index (κ1) is 23.4. The lowest BCUT2D eigenvalue weighted by Gasteiger charge is -2.28. The number of nitrogens with one attached hydrogen (secondary N) is 1. The number of benzene rings is 1. The van der Waals surface area contributed by atoms with Crippen LogP contribution in [0.2, 0.25) is 0 Å². The van der Waals surface area contributed by atoms with Gasteiger partial charge in [0.05, 0.1) is 11.0 Å². The summed E-state index contributed by atoms with van der Waals surface area (Å²) in [4.78, 5) is 34.3. The van der Waals surface area contributed by atoms with E-state index >= 15 is 0 Å². The van der Waals surface area contributed by atoms with E-state index in [4.69, 9.17) is 18.9 Å². The lowest BCUT2D eigenvalue weighted by molar-refractivity contribution is -0.384. The van der Waals surface area contributed by atoms with Crippen molar-refractivity contribution >= 4 is 17.9 Å². The van der Waals surface area contributed by atoms with E-state index in [1.807, 2.05) is 0 Å². The lowest BCUT2D eigenvalue weighted by Crippen LogP contribution is -2.43. The number of hydrogen-bond donors (Lipinski definition) is 1. The van der Waals surface area contributed by atoms with Gasteiger partial charge in [0, 0.05) is 25.3 Å². The van der Waals surface area contributed by atoms with Gasteiger partial charge in [0.1, 0.15) is 18.0 Å². The molecule has 10 heteroatoms. The Bertz CT molecular complexity index is 723. The molecule has 1 aliphatic rings. The Labute approximate surface area is 175 Å². The predicted molar refractivity (Wildman–Crippen MR) is 106 cm³/mol. The Balaban J connectivity index is 1.90. The van der Waals surface area contributed by atoms with Crippen LogP contribution < -0.4 is 10.1 Å². The van der Waals surface area contributed by atoms with Crippen molar-refractivity contribution in [3.63, 3.8) is 0 Å². The molecule has 1 heterocycles. The summed E-state index contributed by atoms with van der Waals surface area (Å²) in [6, 6.07) is 4.57. The van der Waals surface area contributed by atoms with Crippen LogP contribution in [-0.4, -0.2) is 48.6 Å². The van der Waals surface area contributed by atoms with Crippen molar-refractivity contribution in [3.05, 3.63) is 34.4 Å². The van der Waals surface area contributed by atoms with Crippen LogP contribution in [0.25, 0.3) is 0 Å². The molecule has 1 aromatic carbocycles. The van der Waals surface area contributed by atoms with Gasteiger partial charge in [-0.05, 0) is 58.1 Å². The summed E-state index contributed by atoms with van der Waals surface area (Å²) in [5.74, 6) is 0.343. The van der Waals surface area contributed by atoms with E-state index < -0.39 is 28.8 Å². The highest BCUT2D eigenvalue weighted by molar-refractivity contribution is 5.68. The van der Waals surface area contributed by atoms with Crippen LogP contribution in [0.15, 0.2) is 24.3 Å². The maximum Gasteiger partial charge on any atom is 0.513 e. The van der Waals surface area contributed by atoms with Crippen LogP contribution in [0, 0.1) is 16.0 Å². The molecular weight excluding hydrogens is 396 g/mol. The molecule has 0 radical (unpaired) electrons. The fourth-order valence-electron chi connectivity index (χ4n) is 2.97. The number of ether oxygens (including phenoxy) is 4. The molecule has 0 unspecified atom stereocenters. The zero-order valence-corrected chi connectivity index (χ0v) is 17.4. The second-order valence-corrected chi connectivity index (χ2v) is 8.08. The molecule has 30 heavy (non-hydrogen) atoms. The Kier molecular flexibility index (Phi) is 8.40. The van der Waals surface area contributed by atoms with Gasteiger partial charge in [-0.15, -0.1) is 0 Å². The first-order valence-corrected chi connectivity index (χ1v) is 9.78. The molecule has 1 saturated heterocycles. The van der Waals surface area contributed by atoms with Gasteiger partial charge in [-0.25, -0.2) is 9.59 Å². The third kappa shape index (κ3) is 8.64. The van der Waals surface area contributed by atoms with Gasteiger partial charge in [-0.1, -0.05) is 0 Å². The standard InChI is InChI=1S/C20H28N2O8/c1-20(2,3)30-18(23)21-15(11-14-5-4-10-27-12-14)13-28-19(24)29-17-8-6-16(7-9-17)22(25)26/h6-9,14-15H,4-5,10-13H2,1-3H3,(H,21,23)/t14-,15+/m1/s1. The van der Waals surface area contributed by atoms with Crippen molar-refractivity contribution in [3.8, 4) is 5.75 Å². The summed E-state index contributed by atoms with van der Waals surface area (Å²) in [6.07, 6.45) is 0.882. The maximum atomic E-state index is 12.1. The van der Waals surface area contributed by atoms with E-state index in [1.165, 1.54) is 24.3 Å². The van der Waals surface area contributed by atoms with Crippen molar-refractivity contribution in [2.75, 3.05) is 19.8 Å². The molecule has 1 aromatic rings. The number of hydrogen-bond acceptors (Lipinski definition) is 8. The largest absolute Gasteiger partial charge is 0.513 e. The lowest BCUT2D eigenvalue weighted by atomic mass is 9.94. The fourth-order valence-corrected chi connectivity index (χ4v) is 2.97. The quantitative estimate of drug-likeness (QED) is 0.303. The van der Waals surface area contributed by atoms with Crippen molar-refractivity contribution in [2.45, 2.75) is 51.7 Å². The normalized spacial score (nSPS) is 17.5. The number of nitro groups is 1. The number of amides is 1. The second kappa shape index (κ2) is 10.8. The van der Waals surface area contributed by atoms with E-state index in [0.29, 0.717) is 13.0 Å². The number of carbonyl (C=O) groups excluding carboxylic acids is 2. The van der Waals surface area contributed by atoms with Gasteiger partial charge in [0.25, 0.3) is 5.69 Å². The minimum atomic E-state index is -0.972. The zero-order chi connectivity index (χ0) is 22.1. The third-order valence-corrected chi connectivity index (χ3v) is 4.24. The number of nitrogens with zero attached hydrogens (tertiary/aromatic N) is 1. The number of non-ortho nitro benzene ring substituents is 1. The smallest absolute Gasteiger partial charge is 0.444 e. The van der Waals surface area contributed by atoms with Crippen LogP contribution in [0.4, 0.5) is 15.3 Å². The Morgan fingerprint density at radius 3 is 2.57 bits per heavy atom. The molecule has 2 atom stereocenters. The number of carbonyl (C=O) groups is 2.